The first-order chi connectivity index (χ1) is 10.2. The zero-order chi connectivity index (χ0) is 15.2. The Labute approximate surface area is 128 Å². The van der Waals surface area contributed by atoms with Gasteiger partial charge in [0.05, 0.1) is 18.4 Å². The van der Waals surface area contributed by atoms with Gasteiger partial charge in [0, 0.05) is 0 Å². The van der Waals surface area contributed by atoms with E-state index in [4.69, 9.17) is 0 Å². The van der Waals surface area contributed by atoms with Gasteiger partial charge in [-0.3, -0.25) is 9.10 Å². The summed E-state index contributed by atoms with van der Waals surface area (Å²) in [6.45, 7) is 0. The minimum absolute atomic E-state index is 0.380. The van der Waals surface area contributed by atoms with Gasteiger partial charge in [-0.15, -0.1) is 0 Å². The van der Waals surface area contributed by atoms with Crippen LogP contribution in [0.3, 0.4) is 0 Å². The van der Waals surface area contributed by atoms with Gasteiger partial charge < -0.3 is 4.74 Å². The van der Waals surface area contributed by atoms with Crippen LogP contribution in [0, 0.1) is 0 Å². The maximum atomic E-state index is 11.1. The Morgan fingerprint density at radius 3 is 2.38 bits per heavy atom. The van der Waals surface area contributed by atoms with Crippen molar-refractivity contribution < 1.29 is 14.3 Å². The molecule has 0 saturated carbocycles. The predicted molar refractivity (Wildman–Crippen MR) is 84.6 cm³/mol. The minimum Gasteiger partial charge on any atom is -0.465 e. The van der Waals surface area contributed by atoms with Crippen LogP contribution in [0.25, 0.3) is 0 Å². The van der Waals surface area contributed by atoms with Crippen molar-refractivity contribution in [2.24, 2.45) is 0 Å². The topological polar surface area (TPSA) is 46.6 Å². The molecule has 0 heterocycles. The summed E-state index contributed by atoms with van der Waals surface area (Å²) in [4.78, 5) is 21.5. The van der Waals surface area contributed by atoms with E-state index in [1.807, 2.05) is 0 Å². The number of benzene rings is 2. The summed E-state index contributed by atoms with van der Waals surface area (Å²) >= 11 is 3.88. The van der Waals surface area contributed by atoms with Gasteiger partial charge in [-0.25, -0.2) is 4.79 Å². The van der Waals surface area contributed by atoms with Crippen LogP contribution in [-0.2, 0) is 16.0 Å². The van der Waals surface area contributed by atoms with Crippen LogP contribution in [-0.4, -0.2) is 19.5 Å². The lowest BCUT2D eigenvalue weighted by Crippen LogP contribution is -2.08. The van der Waals surface area contributed by atoms with Gasteiger partial charge in [0.2, 0.25) is 6.41 Å². The Hall–Kier alpha value is -2.27. The van der Waals surface area contributed by atoms with E-state index in [1.165, 1.54) is 30.7 Å². The largest absolute Gasteiger partial charge is 0.465 e. The number of anilines is 1. The number of nitrogens with zero attached hydrogens (tertiary/aromatic N) is 1. The van der Waals surface area contributed by atoms with E-state index in [2.05, 4.69) is 41.8 Å². The van der Waals surface area contributed by atoms with Crippen molar-refractivity contribution in [2.45, 2.75) is 6.42 Å². The molecule has 0 aliphatic heterocycles. The van der Waals surface area contributed by atoms with Gasteiger partial charge in [0.25, 0.3) is 0 Å². The van der Waals surface area contributed by atoms with Crippen LogP contribution in [0.4, 0.5) is 5.69 Å². The van der Waals surface area contributed by atoms with Crippen LogP contribution < -0.4 is 4.31 Å². The molecule has 1 aliphatic carbocycles. The second-order valence-electron chi connectivity index (χ2n) is 4.44. The lowest BCUT2D eigenvalue weighted by molar-refractivity contribution is -0.106. The Balaban J connectivity index is 0.000000189. The molecule has 3 rings (SSSR count). The number of esters is 1. The number of carbonyl (C=O) groups is 2. The normalized spacial score (nSPS) is 10.6. The van der Waals surface area contributed by atoms with E-state index < -0.39 is 5.97 Å². The molecule has 21 heavy (non-hydrogen) atoms. The second-order valence-corrected chi connectivity index (χ2v) is 4.87. The Kier molecular flexibility index (Phi) is 5.00. The summed E-state index contributed by atoms with van der Waals surface area (Å²) in [6.07, 6.45) is 1.78. The van der Waals surface area contributed by atoms with E-state index in [0.29, 0.717) is 17.7 Å². The molecule has 0 bridgehead atoms. The van der Waals surface area contributed by atoms with E-state index in [0.717, 1.165) is 4.31 Å². The molecule has 2 aromatic carbocycles. The molecule has 0 aromatic heterocycles. The molecule has 0 radical (unpaired) electrons. The van der Waals surface area contributed by atoms with Crippen LogP contribution in [0.5, 0.6) is 0 Å². The van der Waals surface area contributed by atoms with Gasteiger partial charge in [-0.2, -0.15) is 0 Å². The fraction of sp³-hybridized carbons (Fsp3) is 0.125. The molecule has 4 nitrogen and oxygen atoms in total. The standard InChI is InChI=1S/C9H9NO3S.C7H6/c1-13-9(12)7-3-2-4-8(5-7)10(14)6-11;1-2-4-7-5-6(7)3-1/h2-6,14H,1H3;1-4H,5H2. The molecule has 1 amide bonds. The maximum absolute atomic E-state index is 11.1. The summed E-state index contributed by atoms with van der Waals surface area (Å²) in [5.74, 6) is -0.445. The van der Waals surface area contributed by atoms with Crippen LogP contribution >= 0.6 is 12.8 Å². The highest BCUT2D eigenvalue weighted by molar-refractivity contribution is 7.82. The number of amides is 1. The summed E-state index contributed by atoms with van der Waals surface area (Å²) in [6, 6.07) is 15.0. The number of thiol groups is 1. The zero-order valence-electron chi connectivity index (χ0n) is 11.5. The first-order valence-corrected chi connectivity index (χ1v) is 6.74. The third kappa shape index (κ3) is 4.10. The average Bonchev–Trinajstić information content (AvgIpc) is 3.33. The van der Waals surface area contributed by atoms with Crippen LogP contribution in [0.1, 0.15) is 21.5 Å². The van der Waals surface area contributed by atoms with E-state index in [1.54, 1.807) is 18.2 Å². The van der Waals surface area contributed by atoms with Crippen molar-refractivity contribution in [3.05, 3.63) is 65.2 Å². The molecule has 2 aromatic rings. The van der Waals surface area contributed by atoms with Gasteiger partial charge in [0.1, 0.15) is 0 Å². The monoisotopic (exact) mass is 301 g/mol. The molecule has 0 unspecified atom stereocenters. The Morgan fingerprint density at radius 2 is 1.86 bits per heavy atom. The molecule has 0 atom stereocenters. The fourth-order valence-electron chi connectivity index (χ4n) is 1.79. The van der Waals surface area contributed by atoms with Crippen molar-refractivity contribution in [2.75, 3.05) is 11.4 Å². The summed E-state index contributed by atoms with van der Waals surface area (Å²) in [7, 11) is 1.30. The molecule has 5 heteroatoms. The minimum atomic E-state index is -0.445. The summed E-state index contributed by atoms with van der Waals surface area (Å²) in [5.41, 5.74) is 3.96. The summed E-state index contributed by atoms with van der Waals surface area (Å²) in [5, 5.41) is 0. The van der Waals surface area contributed by atoms with Gasteiger partial charge in [-0.1, -0.05) is 43.1 Å². The first kappa shape index (κ1) is 15.1. The molecule has 1 aliphatic rings. The SMILES string of the molecule is COC(=O)c1cccc(N(S)C=O)c1.c1ccc2c(c1)C2. The van der Waals surface area contributed by atoms with E-state index in [9.17, 15) is 9.59 Å². The third-order valence-corrected chi connectivity index (χ3v) is 3.33. The number of hydrogen-bond acceptors (Lipinski definition) is 4. The lowest BCUT2D eigenvalue weighted by Gasteiger charge is -2.09. The zero-order valence-corrected chi connectivity index (χ0v) is 12.4. The average molecular weight is 301 g/mol. The molecule has 0 N–H and O–H groups in total. The fourth-order valence-corrected chi connectivity index (χ4v) is 1.91. The van der Waals surface area contributed by atoms with Crippen molar-refractivity contribution >= 4 is 30.9 Å². The number of rotatable bonds is 3. The predicted octanol–water partition coefficient (Wildman–Crippen LogP) is 2.87. The van der Waals surface area contributed by atoms with Crippen LogP contribution in [0.15, 0.2) is 48.5 Å². The van der Waals surface area contributed by atoms with Crippen molar-refractivity contribution in [3.8, 4) is 0 Å². The summed E-state index contributed by atoms with van der Waals surface area (Å²) < 4.78 is 5.61. The maximum Gasteiger partial charge on any atom is 0.337 e. The molecule has 0 fully saturated rings. The quantitative estimate of drug-likeness (QED) is 0.460. The molecule has 0 spiro atoms. The van der Waals surface area contributed by atoms with E-state index >= 15 is 0 Å². The molecule has 0 saturated heterocycles. The smallest absolute Gasteiger partial charge is 0.337 e. The first-order valence-electron chi connectivity index (χ1n) is 6.34. The van der Waals surface area contributed by atoms with Gasteiger partial charge in [0.15, 0.2) is 0 Å². The highest BCUT2D eigenvalue weighted by atomic mass is 32.1. The van der Waals surface area contributed by atoms with Crippen molar-refractivity contribution in [1.82, 2.24) is 0 Å². The third-order valence-electron chi connectivity index (χ3n) is 3.01. The Bertz CT molecular complexity index is 636. The number of methoxy groups -OCH3 is 1. The second kappa shape index (κ2) is 6.95. The number of fused-ring (bicyclic) bond motifs is 1. The van der Waals surface area contributed by atoms with Crippen molar-refractivity contribution in [1.29, 1.82) is 0 Å². The molecular weight excluding hydrogens is 286 g/mol. The highest BCUT2D eigenvalue weighted by Gasteiger charge is 2.12. The molecule has 108 valence electrons. The van der Waals surface area contributed by atoms with Gasteiger partial charge in [-0.05, 0) is 35.7 Å². The highest BCUT2D eigenvalue weighted by Crippen LogP contribution is 2.25. The van der Waals surface area contributed by atoms with E-state index in [-0.39, 0.29) is 0 Å². The van der Waals surface area contributed by atoms with Gasteiger partial charge >= 0.3 is 5.97 Å². The van der Waals surface area contributed by atoms with Crippen LogP contribution in [0.2, 0.25) is 0 Å². The number of ether oxygens (including phenoxy) is 1. The number of hydrogen-bond donors (Lipinski definition) is 1. The lowest BCUT2D eigenvalue weighted by atomic mass is 10.2. The number of carbonyl (C=O) groups excluding carboxylic acids is 2. The Morgan fingerprint density at radius 1 is 1.19 bits per heavy atom. The molecular formula is C16H15NO3S. The van der Waals surface area contributed by atoms with Crippen molar-refractivity contribution in [3.63, 3.8) is 0 Å².